The quantitative estimate of drug-likeness (QED) is 0.217. The maximum Gasteiger partial charge on any atom is 0.306 e. The molecule has 2 rings (SSSR count). The van der Waals surface area contributed by atoms with Crippen molar-refractivity contribution in [2.24, 2.45) is 5.73 Å². The second-order valence-corrected chi connectivity index (χ2v) is 7.40. The van der Waals surface area contributed by atoms with Crippen molar-refractivity contribution >= 4 is 5.97 Å². The maximum absolute atomic E-state index is 11.6. The molecule has 0 spiro atoms. The zero-order valence-corrected chi connectivity index (χ0v) is 21.0. The summed E-state index contributed by atoms with van der Waals surface area (Å²) in [5.41, 5.74) is 10.4. The Labute approximate surface area is 199 Å². The number of carbonyl (C=O) groups is 1. The summed E-state index contributed by atoms with van der Waals surface area (Å²) in [6.07, 6.45) is 3.51. The van der Waals surface area contributed by atoms with Crippen molar-refractivity contribution in [3.8, 4) is 5.75 Å². The van der Waals surface area contributed by atoms with Crippen molar-refractivity contribution in [3.05, 3.63) is 76.7 Å². The lowest BCUT2D eigenvalue weighted by Crippen LogP contribution is -2.07. The van der Waals surface area contributed by atoms with Gasteiger partial charge in [-0.3, -0.25) is 4.79 Å². The summed E-state index contributed by atoms with van der Waals surface area (Å²) in [6, 6.07) is 16.1. The van der Waals surface area contributed by atoms with Crippen LogP contribution in [0, 0.1) is 0 Å². The van der Waals surface area contributed by atoms with E-state index in [0.29, 0.717) is 32.7 Å². The third-order valence-corrected chi connectivity index (χ3v) is 5.07. The molecule has 0 bridgehead atoms. The Morgan fingerprint density at radius 3 is 2.33 bits per heavy atom. The van der Waals surface area contributed by atoms with Crippen molar-refractivity contribution in [1.29, 1.82) is 0 Å². The number of allylic oxidation sites excluding steroid dienone is 2. The zero-order valence-electron chi connectivity index (χ0n) is 21.0. The van der Waals surface area contributed by atoms with E-state index in [1.54, 1.807) is 0 Å². The summed E-state index contributed by atoms with van der Waals surface area (Å²) >= 11 is 0. The van der Waals surface area contributed by atoms with Gasteiger partial charge in [-0.2, -0.15) is 0 Å². The number of esters is 1. The monoisotopic (exact) mass is 455 g/mol. The van der Waals surface area contributed by atoms with Gasteiger partial charge < -0.3 is 19.9 Å². The number of ether oxygens (including phenoxy) is 3. The van der Waals surface area contributed by atoms with Crippen molar-refractivity contribution in [1.82, 2.24) is 0 Å². The maximum atomic E-state index is 11.6. The van der Waals surface area contributed by atoms with Gasteiger partial charge in [-0.25, -0.2) is 0 Å². The predicted octanol–water partition coefficient (Wildman–Crippen LogP) is 6.34. The lowest BCUT2D eigenvalue weighted by Gasteiger charge is -2.13. The van der Waals surface area contributed by atoms with Gasteiger partial charge in [0.05, 0.1) is 13.2 Å². The first-order valence-electron chi connectivity index (χ1n) is 12.1. The Kier molecular flexibility index (Phi) is 14.2. The van der Waals surface area contributed by atoms with Crippen LogP contribution in [0.4, 0.5) is 0 Å². The van der Waals surface area contributed by atoms with Crippen LogP contribution in [0.3, 0.4) is 0 Å². The second kappa shape index (κ2) is 16.7. The molecule has 0 aliphatic carbocycles. The third-order valence-electron chi connectivity index (χ3n) is 5.07. The molecule has 33 heavy (non-hydrogen) atoms. The van der Waals surface area contributed by atoms with Crippen LogP contribution >= 0.6 is 0 Å². The molecule has 0 saturated heterocycles. The largest absolute Gasteiger partial charge is 0.494 e. The molecule has 0 heterocycles. The van der Waals surface area contributed by atoms with Crippen LogP contribution in [-0.4, -0.2) is 19.2 Å². The van der Waals surface area contributed by atoms with Gasteiger partial charge in [0.25, 0.3) is 0 Å². The first kappa shape index (κ1) is 28.1. The van der Waals surface area contributed by atoms with Gasteiger partial charge in [-0.05, 0) is 68.4 Å². The molecule has 0 amide bonds. The summed E-state index contributed by atoms with van der Waals surface area (Å²) < 4.78 is 16.7. The predicted molar refractivity (Wildman–Crippen MR) is 135 cm³/mol. The first-order valence-corrected chi connectivity index (χ1v) is 12.1. The highest BCUT2D eigenvalue weighted by Gasteiger charge is 2.08. The molecule has 5 heteroatoms. The second-order valence-electron chi connectivity index (χ2n) is 7.40. The highest BCUT2D eigenvalue weighted by Crippen LogP contribution is 2.21. The minimum atomic E-state index is -0.154. The Morgan fingerprint density at radius 1 is 0.939 bits per heavy atom. The van der Waals surface area contributed by atoms with Crippen LogP contribution in [0.25, 0.3) is 0 Å². The normalized spacial score (nSPS) is 11.1. The van der Waals surface area contributed by atoms with E-state index in [9.17, 15) is 4.79 Å². The Hall–Kier alpha value is -2.95. The smallest absolute Gasteiger partial charge is 0.306 e. The van der Waals surface area contributed by atoms with Crippen molar-refractivity contribution in [2.75, 3.05) is 13.2 Å². The molecule has 0 aliphatic rings. The van der Waals surface area contributed by atoms with Gasteiger partial charge in [0.15, 0.2) is 0 Å². The molecule has 2 N–H and O–H groups in total. The number of rotatable bonds is 13. The van der Waals surface area contributed by atoms with E-state index in [2.05, 4.69) is 13.0 Å². The van der Waals surface area contributed by atoms with Crippen molar-refractivity contribution in [3.63, 3.8) is 0 Å². The average molecular weight is 456 g/mol. The van der Waals surface area contributed by atoms with Gasteiger partial charge in [-0.1, -0.05) is 57.2 Å². The number of aryl methyl sites for hydroxylation is 2. The molecule has 2 aromatic carbocycles. The van der Waals surface area contributed by atoms with Gasteiger partial charge in [0.2, 0.25) is 0 Å². The van der Waals surface area contributed by atoms with Crippen LogP contribution in [0.2, 0.25) is 0 Å². The molecule has 0 saturated carbocycles. The van der Waals surface area contributed by atoms with E-state index in [1.165, 1.54) is 11.1 Å². The fraction of sp³-hybridized carbons (Fsp3) is 0.464. The molecule has 5 nitrogen and oxygen atoms in total. The van der Waals surface area contributed by atoms with Crippen LogP contribution in [0.5, 0.6) is 5.75 Å². The lowest BCUT2D eigenvalue weighted by atomic mass is 10.0. The van der Waals surface area contributed by atoms with E-state index < -0.39 is 0 Å². The van der Waals surface area contributed by atoms with E-state index in [4.69, 9.17) is 19.9 Å². The standard InChI is InChI=1S/C26H35NO4.C2H6/c1-4-22-18-24(15-13-23(22)14-16-26(28)29-5-2)30-17-9-12-25(27)20(3)31-19-21-10-7-6-8-11-21;1-2/h6-8,10-11,13,15,18H,4-5,9,12,14,16-17,19,27H2,1-3H3;1-2H3/b25-20-;. The summed E-state index contributed by atoms with van der Waals surface area (Å²) in [5, 5.41) is 0. The van der Waals surface area contributed by atoms with Gasteiger partial charge in [0.1, 0.15) is 18.1 Å². The molecule has 0 unspecified atom stereocenters. The van der Waals surface area contributed by atoms with E-state index in [0.717, 1.165) is 42.0 Å². The zero-order chi connectivity index (χ0) is 24.5. The molecule has 2 aromatic rings. The van der Waals surface area contributed by atoms with Crippen LogP contribution in [-0.2, 0) is 33.7 Å². The molecule has 182 valence electrons. The fourth-order valence-corrected chi connectivity index (χ4v) is 3.22. The van der Waals surface area contributed by atoms with Gasteiger partial charge in [-0.15, -0.1) is 0 Å². The highest BCUT2D eigenvalue weighted by molar-refractivity contribution is 5.69. The minimum Gasteiger partial charge on any atom is -0.494 e. The molecule has 0 atom stereocenters. The van der Waals surface area contributed by atoms with Gasteiger partial charge in [0, 0.05) is 12.1 Å². The van der Waals surface area contributed by atoms with E-state index in [-0.39, 0.29) is 5.97 Å². The summed E-state index contributed by atoms with van der Waals surface area (Å²) in [7, 11) is 0. The summed E-state index contributed by atoms with van der Waals surface area (Å²) in [5.74, 6) is 1.46. The molecular weight excluding hydrogens is 414 g/mol. The first-order chi connectivity index (χ1) is 16.0. The third kappa shape index (κ3) is 11.0. The van der Waals surface area contributed by atoms with Crippen LogP contribution in [0.15, 0.2) is 60.0 Å². The Bertz CT molecular complexity index is 846. The molecule has 0 fully saturated rings. The number of hydrogen-bond donors (Lipinski definition) is 1. The molecule has 0 radical (unpaired) electrons. The van der Waals surface area contributed by atoms with Gasteiger partial charge >= 0.3 is 5.97 Å². The number of benzene rings is 2. The SMILES string of the molecule is CC.CCOC(=O)CCc1ccc(OCCC/C(N)=C(\C)OCc2ccccc2)cc1CC. The fourth-order valence-electron chi connectivity index (χ4n) is 3.22. The number of nitrogens with two attached hydrogens (primary N) is 1. The highest BCUT2D eigenvalue weighted by atomic mass is 16.5. The topological polar surface area (TPSA) is 70.8 Å². The van der Waals surface area contributed by atoms with Crippen LogP contribution < -0.4 is 10.5 Å². The van der Waals surface area contributed by atoms with Crippen molar-refractivity contribution < 1.29 is 19.0 Å². The number of carbonyl (C=O) groups excluding carboxylic acids is 1. The Balaban J connectivity index is 0.00000265. The minimum absolute atomic E-state index is 0.154. The summed E-state index contributed by atoms with van der Waals surface area (Å²) in [6.45, 7) is 11.4. The Morgan fingerprint density at radius 2 is 1.67 bits per heavy atom. The number of hydrogen-bond acceptors (Lipinski definition) is 5. The summed E-state index contributed by atoms with van der Waals surface area (Å²) in [4.78, 5) is 11.6. The molecular formula is C28H41NO4. The molecule has 0 aromatic heterocycles. The lowest BCUT2D eigenvalue weighted by molar-refractivity contribution is -0.143. The van der Waals surface area contributed by atoms with Crippen molar-refractivity contribution in [2.45, 2.75) is 73.3 Å². The van der Waals surface area contributed by atoms with E-state index >= 15 is 0 Å². The van der Waals surface area contributed by atoms with E-state index in [1.807, 2.05) is 70.2 Å². The van der Waals surface area contributed by atoms with Crippen LogP contribution in [0.1, 0.15) is 70.6 Å². The molecule has 0 aliphatic heterocycles. The average Bonchev–Trinajstić information content (AvgIpc) is 2.86.